The van der Waals surface area contributed by atoms with E-state index in [9.17, 15) is 18.0 Å². The molecule has 30 heavy (non-hydrogen) atoms. The number of carbonyl (C=O) groups is 2. The van der Waals surface area contributed by atoms with Gasteiger partial charge >= 0.3 is 6.03 Å². The molecule has 0 bridgehead atoms. The van der Waals surface area contributed by atoms with E-state index in [2.05, 4.69) is 10.5 Å². The van der Waals surface area contributed by atoms with Crippen molar-refractivity contribution in [2.75, 3.05) is 32.8 Å². The van der Waals surface area contributed by atoms with E-state index in [0.717, 1.165) is 4.90 Å². The third kappa shape index (κ3) is 3.20. The first-order chi connectivity index (χ1) is 14.1. The van der Waals surface area contributed by atoms with Crippen LogP contribution in [0.2, 0.25) is 0 Å². The number of piperazine rings is 1. The summed E-state index contributed by atoms with van der Waals surface area (Å²) in [5, 5.41) is 6.40. The summed E-state index contributed by atoms with van der Waals surface area (Å²) in [6, 6.07) is 2.78. The molecule has 0 aromatic carbocycles. The monoisotopic (exact) mass is 437 g/mol. The summed E-state index contributed by atoms with van der Waals surface area (Å²) < 4.78 is 37.5. The largest absolute Gasteiger partial charge is 0.466 e. The first-order valence-electron chi connectivity index (χ1n) is 9.48. The third-order valence-electron chi connectivity index (χ3n) is 5.53. The second kappa shape index (κ2) is 7.22. The molecule has 4 heterocycles. The van der Waals surface area contributed by atoms with E-state index in [1.54, 1.807) is 32.9 Å². The Hall–Kier alpha value is -2.70. The Morgan fingerprint density at radius 3 is 2.47 bits per heavy atom. The highest BCUT2D eigenvalue weighted by molar-refractivity contribution is 7.89. The molecule has 2 fully saturated rings. The van der Waals surface area contributed by atoms with Gasteiger partial charge in [-0.05, 0) is 32.9 Å². The van der Waals surface area contributed by atoms with Gasteiger partial charge in [-0.15, -0.1) is 0 Å². The van der Waals surface area contributed by atoms with Crippen LogP contribution in [0, 0.1) is 13.8 Å². The number of imide groups is 1. The van der Waals surface area contributed by atoms with Crippen LogP contribution < -0.4 is 5.32 Å². The van der Waals surface area contributed by atoms with Crippen molar-refractivity contribution in [2.45, 2.75) is 31.2 Å². The fraction of sp³-hybridized carbons (Fsp3) is 0.500. The van der Waals surface area contributed by atoms with Gasteiger partial charge in [0.25, 0.3) is 5.91 Å². The highest BCUT2D eigenvalue weighted by atomic mass is 32.2. The minimum Gasteiger partial charge on any atom is -0.466 e. The van der Waals surface area contributed by atoms with Crippen LogP contribution in [0.1, 0.15) is 24.1 Å². The van der Waals surface area contributed by atoms with Gasteiger partial charge < -0.3 is 14.3 Å². The molecule has 0 saturated carbocycles. The number of rotatable bonds is 5. The highest BCUT2D eigenvalue weighted by Gasteiger charge is 2.51. The van der Waals surface area contributed by atoms with Crippen LogP contribution in [0.3, 0.4) is 0 Å². The number of aromatic nitrogens is 1. The van der Waals surface area contributed by atoms with E-state index in [1.165, 1.54) is 10.6 Å². The van der Waals surface area contributed by atoms with Gasteiger partial charge in [-0.3, -0.25) is 9.69 Å². The van der Waals surface area contributed by atoms with Crippen molar-refractivity contribution in [1.82, 2.24) is 24.6 Å². The Morgan fingerprint density at radius 1 is 1.20 bits per heavy atom. The Bertz CT molecular complexity index is 1050. The minimum absolute atomic E-state index is 0.0696. The van der Waals surface area contributed by atoms with E-state index in [0.29, 0.717) is 24.5 Å². The lowest BCUT2D eigenvalue weighted by atomic mass is 9.99. The predicted octanol–water partition coefficient (Wildman–Crippen LogP) is 0.615. The number of aryl methyl sites for hydroxylation is 2. The molecule has 3 amide bonds. The third-order valence-corrected chi connectivity index (χ3v) is 7.67. The molecular formula is C18H23N5O6S. The lowest BCUT2D eigenvalue weighted by molar-refractivity contribution is -0.133. The summed E-state index contributed by atoms with van der Waals surface area (Å²) in [6.45, 7) is 6.02. The van der Waals surface area contributed by atoms with Gasteiger partial charge in [0, 0.05) is 26.2 Å². The van der Waals surface area contributed by atoms with Crippen molar-refractivity contribution in [3.63, 3.8) is 0 Å². The van der Waals surface area contributed by atoms with Crippen molar-refractivity contribution in [3.8, 4) is 0 Å². The Morgan fingerprint density at radius 2 is 1.90 bits per heavy atom. The van der Waals surface area contributed by atoms with Crippen LogP contribution in [0.15, 0.2) is 32.2 Å². The number of carbonyl (C=O) groups excluding carboxylic acids is 2. The second-order valence-electron chi connectivity index (χ2n) is 7.58. The predicted molar refractivity (Wildman–Crippen MR) is 103 cm³/mol. The van der Waals surface area contributed by atoms with E-state index < -0.39 is 27.5 Å². The second-order valence-corrected chi connectivity index (χ2v) is 9.46. The summed E-state index contributed by atoms with van der Waals surface area (Å²) >= 11 is 0. The summed E-state index contributed by atoms with van der Waals surface area (Å²) in [4.78, 5) is 28.4. The van der Waals surface area contributed by atoms with Gasteiger partial charge in [-0.2, -0.15) is 4.31 Å². The maximum Gasteiger partial charge on any atom is 0.326 e. The van der Waals surface area contributed by atoms with E-state index in [1.807, 2.05) is 4.90 Å². The zero-order valence-corrected chi connectivity index (χ0v) is 17.7. The summed E-state index contributed by atoms with van der Waals surface area (Å²) in [5.41, 5.74) is -0.929. The number of hydrogen-bond acceptors (Lipinski definition) is 8. The molecule has 2 aromatic rings. The molecule has 11 nitrogen and oxygen atoms in total. The average Bonchev–Trinajstić information content (AvgIpc) is 3.40. The molecule has 1 N–H and O–H groups in total. The molecular weight excluding hydrogens is 414 g/mol. The summed E-state index contributed by atoms with van der Waals surface area (Å²) in [6.07, 6.45) is 1.45. The van der Waals surface area contributed by atoms with Gasteiger partial charge in [0.2, 0.25) is 10.0 Å². The molecule has 1 unspecified atom stereocenters. The molecule has 2 aliphatic heterocycles. The maximum atomic E-state index is 12.9. The number of furan rings is 1. The minimum atomic E-state index is -3.72. The Balaban J connectivity index is 1.42. The van der Waals surface area contributed by atoms with Crippen molar-refractivity contribution >= 4 is 22.0 Å². The van der Waals surface area contributed by atoms with Crippen LogP contribution in [0.4, 0.5) is 4.79 Å². The standard InChI is InChI=1S/C18H23N5O6S/c1-12-15(13(2)29-20-12)30(26,27)22-8-6-21(7-9-22)11-23-16(24)18(3,19-17(23)25)14-5-4-10-28-14/h4-5,10H,6-9,11H2,1-3H3,(H,19,25). The van der Waals surface area contributed by atoms with Crippen LogP contribution in [-0.2, 0) is 20.4 Å². The van der Waals surface area contributed by atoms with E-state index in [4.69, 9.17) is 8.94 Å². The Labute approximate surface area is 173 Å². The zero-order valence-electron chi connectivity index (χ0n) is 16.9. The number of nitrogens with zero attached hydrogens (tertiary/aromatic N) is 4. The fourth-order valence-electron chi connectivity index (χ4n) is 3.84. The lowest BCUT2D eigenvalue weighted by Crippen LogP contribution is -2.52. The first kappa shape index (κ1) is 20.6. The van der Waals surface area contributed by atoms with E-state index >= 15 is 0 Å². The van der Waals surface area contributed by atoms with Crippen molar-refractivity contribution in [3.05, 3.63) is 35.6 Å². The number of sulfonamides is 1. The molecule has 0 spiro atoms. The number of urea groups is 1. The molecule has 2 aliphatic rings. The zero-order chi connectivity index (χ0) is 21.7. The quantitative estimate of drug-likeness (QED) is 0.674. The van der Waals surface area contributed by atoms with Gasteiger partial charge in [-0.1, -0.05) is 5.16 Å². The summed E-state index contributed by atoms with van der Waals surface area (Å²) in [7, 11) is -3.72. The van der Waals surface area contributed by atoms with Gasteiger partial charge in [0.05, 0.1) is 12.9 Å². The molecule has 1 atom stereocenters. The average molecular weight is 437 g/mol. The SMILES string of the molecule is Cc1noc(C)c1S(=O)(=O)N1CCN(CN2C(=O)NC(C)(c3ccco3)C2=O)CC1. The molecule has 0 radical (unpaired) electrons. The van der Waals surface area contributed by atoms with Crippen LogP contribution in [0.25, 0.3) is 0 Å². The lowest BCUT2D eigenvalue weighted by Gasteiger charge is -2.35. The smallest absolute Gasteiger partial charge is 0.326 e. The van der Waals surface area contributed by atoms with E-state index in [-0.39, 0.29) is 30.4 Å². The topological polar surface area (TPSA) is 129 Å². The van der Waals surface area contributed by atoms with Crippen molar-refractivity contribution in [1.29, 1.82) is 0 Å². The molecule has 2 aromatic heterocycles. The van der Waals surface area contributed by atoms with Gasteiger partial charge in [0.1, 0.15) is 16.3 Å². The Kier molecular flexibility index (Phi) is 4.95. The molecule has 2 saturated heterocycles. The van der Waals surface area contributed by atoms with Crippen molar-refractivity contribution < 1.29 is 26.9 Å². The highest BCUT2D eigenvalue weighted by Crippen LogP contribution is 2.29. The first-order valence-corrected chi connectivity index (χ1v) is 10.9. The molecule has 162 valence electrons. The van der Waals surface area contributed by atoms with Crippen LogP contribution in [0.5, 0.6) is 0 Å². The molecule has 12 heteroatoms. The molecule has 4 rings (SSSR count). The van der Waals surface area contributed by atoms with Gasteiger partial charge in [0.15, 0.2) is 11.3 Å². The number of nitrogens with one attached hydrogen (secondary N) is 1. The van der Waals surface area contributed by atoms with Crippen LogP contribution >= 0.6 is 0 Å². The maximum absolute atomic E-state index is 12.9. The van der Waals surface area contributed by atoms with Crippen molar-refractivity contribution in [2.24, 2.45) is 0 Å². The normalized spacial score (nSPS) is 23.9. The molecule has 0 aliphatic carbocycles. The number of amides is 3. The number of hydrogen-bond donors (Lipinski definition) is 1. The van der Waals surface area contributed by atoms with Crippen LogP contribution in [-0.4, -0.2) is 72.5 Å². The van der Waals surface area contributed by atoms with Gasteiger partial charge in [-0.25, -0.2) is 18.1 Å². The summed E-state index contributed by atoms with van der Waals surface area (Å²) in [5.74, 6) is 0.207. The fourth-order valence-corrected chi connectivity index (χ4v) is 5.55.